The fourth-order valence-corrected chi connectivity index (χ4v) is 1.79. The maximum atomic E-state index is 12.8. The number of aliphatic carboxylic acids is 1. The highest BCUT2D eigenvalue weighted by atomic mass is 35.5. The summed E-state index contributed by atoms with van der Waals surface area (Å²) in [4.78, 5) is 14.4. The van der Waals surface area contributed by atoms with Gasteiger partial charge in [0.25, 0.3) is 6.43 Å². The first-order valence-corrected chi connectivity index (χ1v) is 5.04. The van der Waals surface area contributed by atoms with Crippen molar-refractivity contribution in [3.05, 3.63) is 28.6 Å². The topological polar surface area (TPSA) is 50.2 Å². The molecule has 6 heteroatoms. The molecule has 1 aromatic rings. The molecule has 3 nitrogen and oxygen atoms in total. The van der Waals surface area contributed by atoms with E-state index in [-0.39, 0.29) is 22.6 Å². The van der Waals surface area contributed by atoms with E-state index in [9.17, 15) is 13.6 Å². The van der Waals surface area contributed by atoms with Gasteiger partial charge in [-0.15, -0.1) is 11.6 Å². The molecule has 16 heavy (non-hydrogen) atoms. The number of halogens is 3. The molecular weight excluding hydrogens is 240 g/mol. The molecule has 0 atom stereocenters. The van der Waals surface area contributed by atoms with E-state index in [0.29, 0.717) is 5.69 Å². The number of alkyl halides is 3. The van der Waals surface area contributed by atoms with Crippen LogP contribution in [-0.2, 0) is 17.1 Å². The van der Waals surface area contributed by atoms with Crippen LogP contribution in [0.5, 0.6) is 0 Å². The average molecular weight is 250 g/mol. The largest absolute Gasteiger partial charge is 0.481 e. The Kier molecular flexibility index (Phi) is 4.18. The Morgan fingerprint density at radius 1 is 1.62 bits per heavy atom. The highest BCUT2D eigenvalue weighted by Gasteiger charge is 2.21. The summed E-state index contributed by atoms with van der Waals surface area (Å²) >= 11 is 5.57. The third-order valence-electron chi connectivity index (χ3n) is 2.22. The predicted molar refractivity (Wildman–Crippen MR) is 54.8 cm³/mol. The van der Waals surface area contributed by atoms with Crippen molar-refractivity contribution in [2.75, 3.05) is 0 Å². The van der Waals surface area contributed by atoms with Crippen LogP contribution < -0.4 is 0 Å². The lowest BCUT2D eigenvalue weighted by Gasteiger charge is -2.13. The van der Waals surface area contributed by atoms with Crippen LogP contribution in [0.2, 0.25) is 0 Å². The van der Waals surface area contributed by atoms with Crippen LogP contribution in [0.4, 0.5) is 8.78 Å². The number of nitrogens with zero attached hydrogens (tertiary/aromatic N) is 1. The molecule has 1 N–H and O–H groups in total. The predicted octanol–water partition coefficient (Wildman–Crippen LogP) is 2.69. The van der Waals surface area contributed by atoms with E-state index in [2.05, 4.69) is 4.98 Å². The zero-order valence-corrected chi connectivity index (χ0v) is 9.26. The Morgan fingerprint density at radius 2 is 2.25 bits per heavy atom. The number of rotatable bonds is 4. The third kappa shape index (κ3) is 2.66. The van der Waals surface area contributed by atoms with E-state index in [1.165, 1.54) is 6.20 Å². The molecule has 0 bridgehead atoms. The SMILES string of the molecule is Cc1ncc(CC(=O)O)c(C(F)F)c1CCl. The van der Waals surface area contributed by atoms with E-state index >= 15 is 0 Å². The highest BCUT2D eigenvalue weighted by molar-refractivity contribution is 6.17. The quantitative estimate of drug-likeness (QED) is 0.835. The number of pyridine rings is 1. The lowest BCUT2D eigenvalue weighted by atomic mass is 10.0. The monoisotopic (exact) mass is 249 g/mol. The Bertz CT molecular complexity index is 410. The molecule has 0 amide bonds. The van der Waals surface area contributed by atoms with Crippen LogP contribution in [0.3, 0.4) is 0 Å². The van der Waals surface area contributed by atoms with Gasteiger partial charge in [0.15, 0.2) is 0 Å². The van der Waals surface area contributed by atoms with Crippen molar-refractivity contribution in [3.63, 3.8) is 0 Å². The van der Waals surface area contributed by atoms with Crippen molar-refractivity contribution in [3.8, 4) is 0 Å². The summed E-state index contributed by atoms with van der Waals surface area (Å²) in [6, 6.07) is 0. The second kappa shape index (κ2) is 5.21. The minimum absolute atomic E-state index is 0.0174. The van der Waals surface area contributed by atoms with Crippen LogP contribution in [0.1, 0.15) is 28.8 Å². The number of carbonyl (C=O) groups is 1. The summed E-state index contributed by atoms with van der Waals surface area (Å²) in [6.07, 6.45) is -2.05. The molecule has 1 rings (SSSR count). The lowest BCUT2D eigenvalue weighted by Crippen LogP contribution is -2.09. The van der Waals surface area contributed by atoms with Crippen LogP contribution in [0.25, 0.3) is 0 Å². The summed E-state index contributed by atoms with van der Waals surface area (Å²) in [5, 5.41) is 8.60. The molecule has 88 valence electrons. The first-order valence-electron chi connectivity index (χ1n) is 4.50. The summed E-state index contributed by atoms with van der Waals surface area (Å²) in [5.41, 5.74) is 0.337. The van der Waals surface area contributed by atoms with Gasteiger partial charge in [0.2, 0.25) is 0 Å². The number of carboxylic acids is 1. The standard InChI is InChI=1S/C10H10ClF2NO2/c1-5-7(3-11)9(10(12)13)6(4-14-5)2-8(15)16/h4,10H,2-3H2,1H3,(H,15,16). The maximum Gasteiger partial charge on any atom is 0.307 e. The molecule has 1 heterocycles. The van der Waals surface area contributed by atoms with Crippen molar-refractivity contribution in [1.82, 2.24) is 4.98 Å². The van der Waals surface area contributed by atoms with Gasteiger partial charge in [-0.25, -0.2) is 8.78 Å². The molecule has 0 aliphatic heterocycles. The minimum atomic E-state index is -2.75. The Balaban J connectivity index is 3.32. The fourth-order valence-electron chi connectivity index (χ4n) is 1.46. The van der Waals surface area contributed by atoms with E-state index < -0.39 is 18.8 Å². The number of hydrogen-bond acceptors (Lipinski definition) is 2. The molecule has 0 saturated heterocycles. The van der Waals surface area contributed by atoms with Crippen molar-refractivity contribution >= 4 is 17.6 Å². The summed E-state index contributed by atoms with van der Waals surface area (Å²) < 4.78 is 25.7. The number of carboxylic acid groups (broad SMARTS) is 1. The zero-order valence-electron chi connectivity index (χ0n) is 8.51. The third-order valence-corrected chi connectivity index (χ3v) is 2.48. The average Bonchev–Trinajstić information content (AvgIpc) is 2.18. The summed E-state index contributed by atoms with van der Waals surface area (Å²) in [5.74, 6) is -1.28. The first-order chi connectivity index (χ1) is 7.47. The van der Waals surface area contributed by atoms with Crippen molar-refractivity contribution in [2.24, 2.45) is 0 Å². The maximum absolute atomic E-state index is 12.8. The van der Waals surface area contributed by atoms with Gasteiger partial charge < -0.3 is 5.11 Å². The second-order valence-electron chi connectivity index (χ2n) is 3.27. The van der Waals surface area contributed by atoms with Crippen LogP contribution in [-0.4, -0.2) is 16.1 Å². The van der Waals surface area contributed by atoms with Gasteiger partial charge >= 0.3 is 5.97 Å². The van der Waals surface area contributed by atoms with Gasteiger partial charge in [0.1, 0.15) is 0 Å². The van der Waals surface area contributed by atoms with Gasteiger partial charge in [0, 0.05) is 23.3 Å². The van der Waals surface area contributed by atoms with Crippen LogP contribution in [0.15, 0.2) is 6.20 Å². The molecule has 0 aliphatic carbocycles. The molecule has 1 aromatic heterocycles. The lowest BCUT2D eigenvalue weighted by molar-refractivity contribution is -0.136. The zero-order chi connectivity index (χ0) is 12.3. The molecule has 0 unspecified atom stereocenters. The molecular formula is C10H10ClF2NO2. The Hall–Kier alpha value is -1.23. The molecule has 0 aliphatic rings. The van der Waals surface area contributed by atoms with Crippen molar-refractivity contribution in [2.45, 2.75) is 25.7 Å². The van der Waals surface area contributed by atoms with E-state index in [4.69, 9.17) is 16.7 Å². The van der Waals surface area contributed by atoms with Crippen LogP contribution in [0, 0.1) is 6.92 Å². The van der Waals surface area contributed by atoms with E-state index in [1.807, 2.05) is 0 Å². The number of hydrogen-bond donors (Lipinski definition) is 1. The first kappa shape index (κ1) is 12.8. The van der Waals surface area contributed by atoms with E-state index in [1.54, 1.807) is 6.92 Å². The normalized spacial score (nSPS) is 10.8. The van der Waals surface area contributed by atoms with Crippen molar-refractivity contribution in [1.29, 1.82) is 0 Å². The van der Waals surface area contributed by atoms with Gasteiger partial charge in [-0.3, -0.25) is 9.78 Å². The molecule has 0 radical (unpaired) electrons. The highest BCUT2D eigenvalue weighted by Crippen LogP contribution is 2.29. The van der Waals surface area contributed by atoms with Crippen LogP contribution >= 0.6 is 11.6 Å². The molecule has 0 saturated carbocycles. The fraction of sp³-hybridized carbons (Fsp3) is 0.400. The molecule has 0 spiro atoms. The van der Waals surface area contributed by atoms with Crippen molar-refractivity contribution < 1.29 is 18.7 Å². The summed E-state index contributed by atoms with van der Waals surface area (Å²) in [7, 11) is 0. The molecule has 0 fully saturated rings. The van der Waals surface area contributed by atoms with Gasteiger partial charge in [-0.1, -0.05) is 0 Å². The number of aryl methyl sites for hydroxylation is 1. The van der Waals surface area contributed by atoms with Gasteiger partial charge in [-0.05, 0) is 18.1 Å². The van der Waals surface area contributed by atoms with Gasteiger partial charge in [-0.2, -0.15) is 0 Å². The smallest absolute Gasteiger partial charge is 0.307 e. The van der Waals surface area contributed by atoms with Gasteiger partial charge in [0.05, 0.1) is 6.42 Å². The second-order valence-corrected chi connectivity index (χ2v) is 3.53. The minimum Gasteiger partial charge on any atom is -0.481 e. The Labute approximate surface area is 96.1 Å². The Morgan fingerprint density at radius 3 is 2.69 bits per heavy atom. The molecule has 0 aromatic carbocycles. The number of aromatic nitrogens is 1. The summed E-state index contributed by atoms with van der Waals surface area (Å²) in [6.45, 7) is 1.56. The van der Waals surface area contributed by atoms with E-state index in [0.717, 1.165) is 0 Å².